The van der Waals surface area contributed by atoms with Crippen LogP contribution >= 0.6 is 0 Å². The lowest BCUT2D eigenvalue weighted by molar-refractivity contribution is 0.652. The lowest BCUT2D eigenvalue weighted by Gasteiger charge is -2.24. The fourth-order valence-corrected chi connectivity index (χ4v) is 8.09. The van der Waals surface area contributed by atoms with Gasteiger partial charge in [0.2, 0.25) is 0 Å². The van der Waals surface area contributed by atoms with Gasteiger partial charge in [0.1, 0.15) is 0 Å². The minimum Gasteiger partial charge on any atom is -0.0622 e. The molecule has 0 aromatic heterocycles. The van der Waals surface area contributed by atoms with Crippen molar-refractivity contribution in [3.05, 3.63) is 190 Å². The molecule has 7 aromatic rings. The Morgan fingerprint density at radius 2 is 0.800 bits per heavy atom. The van der Waals surface area contributed by atoms with Gasteiger partial charge >= 0.3 is 0 Å². The molecule has 0 spiro atoms. The van der Waals surface area contributed by atoms with Gasteiger partial charge in [0.25, 0.3) is 0 Å². The van der Waals surface area contributed by atoms with Crippen LogP contribution < -0.4 is 0 Å². The third-order valence-electron chi connectivity index (χ3n) is 10.9. The summed E-state index contributed by atoms with van der Waals surface area (Å²) in [5.41, 5.74) is 19.4. The van der Waals surface area contributed by atoms with E-state index in [1.807, 2.05) is 36.4 Å². The van der Waals surface area contributed by atoms with Crippen molar-refractivity contribution in [1.82, 2.24) is 0 Å². The monoisotopic (exact) mass is 648 g/mol. The van der Waals surface area contributed by atoms with Crippen LogP contribution in [0.4, 0.5) is 0 Å². The fourth-order valence-electron chi connectivity index (χ4n) is 8.09. The number of benzene rings is 7. The molecule has 0 amide bonds. The second-order valence-electron chi connectivity index (χ2n) is 15.3. The van der Waals surface area contributed by atoms with E-state index in [-0.39, 0.29) is 10.8 Å². The molecule has 0 heterocycles. The van der Waals surface area contributed by atoms with E-state index in [1.54, 1.807) is 0 Å². The Balaban J connectivity index is 0.000000233. The minimum absolute atomic E-state index is 0.00446. The van der Waals surface area contributed by atoms with Gasteiger partial charge in [-0.3, -0.25) is 0 Å². The smallest absolute Gasteiger partial charge is 0.0159 e. The van der Waals surface area contributed by atoms with Crippen LogP contribution in [-0.4, -0.2) is 0 Å². The maximum atomic E-state index is 2.54. The van der Waals surface area contributed by atoms with E-state index in [4.69, 9.17) is 0 Å². The standard InChI is InChI=1S/C36H32.2C7H8/c1-21-15-16-25-28-19-32-29(20-31(28)35(3,4)30(25)17-21)34-26-14-10-9-13-24(26)27(18-33(34)36(32,5)6)23-12-8-7-11-22(23)2;2*1-7-5-3-2-4-6-7/h7-20H,1-6H3;2*2-6H,1H3. The first-order valence-electron chi connectivity index (χ1n) is 17.9. The predicted octanol–water partition coefficient (Wildman–Crippen LogP) is 13.7. The maximum absolute atomic E-state index is 2.54. The molecule has 9 rings (SSSR count). The van der Waals surface area contributed by atoms with Gasteiger partial charge in [0, 0.05) is 10.8 Å². The van der Waals surface area contributed by atoms with Crippen LogP contribution in [0.1, 0.15) is 72.2 Å². The van der Waals surface area contributed by atoms with E-state index in [9.17, 15) is 0 Å². The highest BCUT2D eigenvalue weighted by molar-refractivity contribution is 6.09. The number of aryl methyl sites for hydroxylation is 4. The van der Waals surface area contributed by atoms with E-state index in [1.165, 1.54) is 88.7 Å². The average Bonchev–Trinajstić information content (AvgIpc) is 3.47. The van der Waals surface area contributed by atoms with Crippen LogP contribution in [0.3, 0.4) is 0 Å². The molecule has 0 atom stereocenters. The topological polar surface area (TPSA) is 0 Å². The fraction of sp³-hybridized carbons (Fsp3) is 0.200. The largest absolute Gasteiger partial charge is 0.0622 e. The summed E-state index contributed by atoms with van der Waals surface area (Å²) >= 11 is 0. The van der Waals surface area contributed by atoms with E-state index in [0.29, 0.717) is 0 Å². The Kier molecular flexibility index (Phi) is 8.61. The van der Waals surface area contributed by atoms with Gasteiger partial charge in [-0.1, -0.05) is 172 Å². The molecular formula is C50H48. The first-order chi connectivity index (χ1) is 24.0. The quantitative estimate of drug-likeness (QED) is 0.166. The van der Waals surface area contributed by atoms with Crippen LogP contribution in [0.2, 0.25) is 0 Å². The van der Waals surface area contributed by atoms with Gasteiger partial charge in [-0.2, -0.15) is 0 Å². The molecule has 0 saturated carbocycles. The summed E-state index contributed by atoms with van der Waals surface area (Å²) < 4.78 is 0. The maximum Gasteiger partial charge on any atom is 0.0159 e. The normalized spacial score (nSPS) is 13.9. The molecule has 0 nitrogen and oxygen atoms in total. The second-order valence-corrected chi connectivity index (χ2v) is 15.3. The van der Waals surface area contributed by atoms with Gasteiger partial charge in [-0.15, -0.1) is 0 Å². The molecule has 2 aliphatic carbocycles. The van der Waals surface area contributed by atoms with E-state index in [2.05, 4.69) is 165 Å². The predicted molar refractivity (Wildman–Crippen MR) is 216 cm³/mol. The number of hydrogen-bond acceptors (Lipinski definition) is 0. The Labute approximate surface area is 299 Å². The zero-order chi connectivity index (χ0) is 35.2. The molecule has 0 bridgehead atoms. The average molecular weight is 649 g/mol. The van der Waals surface area contributed by atoms with Crippen LogP contribution in [-0.2, 0) is 10.8 Å². The van der Waals surface area contributed by atoms with Crippen LogP contribution in [0.25, 0.3) is 44.2 Å². The molecule has 0 heteroatoms. The Bertz CT molecular complexity index is 2300. The highest BCUT2D eigenvalue weighted by atomic mass is 14.5. The third-order valence-corrected chi connectivity index (χ3v) is 10.9. The first-order valence-corrected chi connectivity index (χ1v) is 17.9. The van der Waals surface area contributed by atoms with Crippen molar-refractivity contribution in [3.63, 3.8) is 0 Å². The van der Waals surface area contributed by atoms with Gasteiger partial charge < -0.3 is 0 Å². The minimum atomic E-state index is -0.0707. The van der Waals surface area contributed by atoms with Crippen molar-refractivity contribution >= 4 is 10.8 Å². The summed E-state index contributed by atoms with van der Waals surface area (Å²) in [4.78, 5) is 0. The Morgan fingerprint density at radius 3 is 1.40 bits per heavy atom. The lowest BCUT2D eigenvalue weighted by atomic mass is 9.78. The Morgan fingerprint density at radius 1 is 0.320 bits per heavy atom. The first kappa shape index (κ1) is 33.3. The molecule has 0 unspecified atom stereocenters. The molecule has 0 N–H and O–H groups in total. The molecule has 7 aromatic carbocycles. The number of rotatable bonds is 1. The summed E-state index contributed by atoms with van der Waals surface area (Å²) in [6.45, 7) is 18.2. The van der Waals surface area contributed by atoms with Gasteiger partial charge in [0.15, 0.2) is 0 Å². The van der Waals surface area contributed by atoms with Crippen molar-refractivity contribution in [1.29, 1.82) is 0 Å². The summed E-state index contributed by atoms with van der Waals surface area (Å²) in [5.74, 6) is 0. The molecule has 50 heavy (non-hydrogen) atoms. The van der Waals surface area contributed by atoms with Crippen LogP contribution in [0.15, 0.2) is 146 Å². The highest BCUT2D eigenvalue weighted by Crippen LogP contribution is 2.58. The molecule has 0 aliphatic heterocycles. The van der Waals surface area contributed by atoms with Crippen molar-refractivity contribution in [2.24, 2.45) is 0 Å². The SMILES string of the molecule is Cc1ccc2c(c1)C(C)(C)c1cc3c(cc1-2)C(C)(C)c1cc(-c2ccccc2C)c2ccccc2c1-3.Cc1ccccc1.Cc1ccccc1. The van der Waals surface area contributed by atoms with Crippen molar-refractivity contribution in [3.8, 4) is 33.4 Å². The zero-order valence-electron chi connectivity index (χ0n) is 30.9. The number of fused-ring (bicyclic) bond motifs is 8. The van der Waals surface area contributed by atoms with Gasteiger partial charge in [-0.05, 0) is 118 Å². The second kappa shape index (κ2) is 12.9. The van der Waals surface area contributed by atoms with E-state index in [0.717, 1.165) is 0 Å². The van der Waals surface area contributed by atoms with Gasteiger partial charge in [-0.25, -0.2) is 0 Å². The van der Waals surface area contributed by atoms with E-state index < -0.39 is 0 Å². The van der Waals surface area contributed by atoms with Crippen molar-refractivity contribution < 1.29 is 0 Å². The lowest BCUT2D eigenvalue weighted by Crippen LogP contribution is -2.17. The summed E-state index contributed by atoms with van der Waals surface area (Å²) in [7, 11) is 0. The Hall–Kier alpha value is -5.20. The molecule has 0 fully saturated rings. The van der Waals surface area contributed by atoms with Crippen LogP contribution in [0.5, 0.6) is 0 Å². The molecule has 248 valence electrons. The summed E-state index contributed by atoms with van der Waals surface area (Å²) in [6.07, 6.45) is 0. The van der Waals surface area contributed by atoms with Crippen molar-refractivity contribution in [2.45, 2.75) is 66.2 Å². The van der Waals surface area contributed by atoms with E-state index >= 15 is 0 Å². The number of hydrogen-bond donors (Lipinski definition) is 0. The summed E-state index contributed by atoms with van der Waals surface area (Å²) in [5, 5.41) is 2.71. The van der Waals surface area contributed by atoms with Crippen LogP contribution in [0, 0.1) is 27.7 Å². The molecular weight excluding hydrogens is 601 g/mol. The molecule has 2 aliphatic rings. The summed E-state index contributed by atoms with van der Waals surface area (Å²) in [6, 6.07) is 52.9. The van der Waals surface area contributed by atoms with Crippen molar-refractivity contribution in [2.75, 3.05) is 0 Å². The third kappa shape index (κ3) is 5.77. The molecule has 0 radical (unpaired) electrons. The van der Waals surface area contributed by atoms with Gasteiger partial charge in [0.05, 0.1) is 0 Å². The molecule has 0 saturated heterocycles. The zero-order valence-corrected chi connectivity index (χ0v) is 30.9. The highest BCUT2D eigenvalue weighted by Gasteiger charge is 2.42.